The highest BCUT2D eigenvalue weighted by Crippen LogP contribution is 2.28. The van der Waals surface area contributed by atoms with E-state index in [-0.39, 0.29) is 0 Å². The van der Waals surface area contributed by atoms with Crippen molar-refractivity contribution in [1.82, 2.24) is 0 Å². The number of hydrogen-bond donors (Lipinski definition) is 0. The largest absolute Gasteiger partial charge is 0.0616 e. The van der Waals surface area contributed by atoms with E-state index in [4.69, 9.17) is 0 Å². The lowest BCUT2D eigenvalue weighted by Crippen LogP contribution is -1.81. The molecule has 0 heteroatoms. The van der Waals surface area contributed by atoms with Gasteiger partial charge in [-0.25, -0.2) is 0 Å². The minimum absolute atomic E-state index is 1.17. The molecule has 0 aromatic heterocycles. The molecule has 0 saturated carbocycles. The molecule has 3 aromatic carbocycles. The van der Waals surface area contributed by atoms with Crippen molar-refractivity contribution in [3.63, 3.8) is 0 Å². The molecule has 0 amide bonds. The standard InChI is InChI=1S/C17H13/c1-13-9-11-15(12-10-13)17-8-4-6-14-5-2-3-7-16(14)17/h2-5,7-12H,1H3. The lowest BCUT2D eigenvalue weighted by molar-refractivity contribution is 1.47. The van der Waals surface area contributed by atoms with Gasteiger partial charge >= 0.3 is 0 Å². The lowest BCUT2D eigenvalue weighted by atomic mass is 9.98. The summed E-state index contributed by atoms with van der Waals surface area (Å²) < 4.78 is 0. The van der Waals surface area contributed by atoms with Gasteiger partial charge in [0.15, 0.2) is 0 Å². The van der Waals surface area contributed by atoms with Crippen molar-refractivity contribution in [2.24, 2.45) is 0 Å². The Kier molecular flexibility index (Phi) is 2.41. The molecule has 0 aliphatic carbocycles. The zero-order valence-corrected chi connectivity index (χ0v) is 9.77. The van der Waals surface area contributed by atoms with E-state index in [0.29, 0.717) is 0 Å². The molecular formula is C17H13. The van der Waals surface area contributed by atoms with Crippen LogP contribution in [-0.4, -0.2) is 0 Å². The summed E-state index contributed by atoms with van der Waals surface area (Å²) in [4.78, 5) is 0. The molecule has 3 aromatic rings. The van der Waals surface area contributed by atoms with Gasteiger partial charge in [-0.15, -0.1) is 0 Å². The van der Waals surface area contributed by atoms with Gasteiger partial charge in [0.1, 0.15) is 0 Å². The molecular weight excluding hydrogens is 204 g/mol. The molecule has 0 heterocycles. The first-order valence-electron chi connectivity index (χ1n) is 5.81. The molecule has 1 radical (unpaired) electrons. The average molecular weight is 217 g/mol. The fourth-order valence-corrected chi connectivity index (χ4v) is 2.13. The Hall–Kier alpha value is -2.08. The molecule has 0 unspecified atom stereocenters. The van der Waals surface area contributed by atoms with E-state index in [1.165, 1.54) is 27.5 Å². The Morgan fingerprint density at radius 3 is 2.41 bits per heavy atom. The molecule has 81 valence electrons. The molecule has 0 spiro atoms. The Bertz CT molecular complexity index is 643. The highest BCUT2D eigenvalue weighted by molar-refractivity contribution is 5.96. The van der Waals surface area contributed by atoms with E-state index >= 15 is 0 Å². The van der Waals surface area contributed by atoms with Gasteiger partial charge in [-0.2, -0.15) is 0 Å². The second-order valence-electron chi connectivity index (χ2n) is 4.30. The predicted octanol–water partition coefficient (Wildman–Crippen LogP) is 4.62. The fraction of sp³-hybridized carbons (Fsp3) is 0.0588. The maximum atomic E-state index is 3.27. The first-order chi connectivity index (χ1) is 8.34. The maximum Gasteiger partial charge on any atom is -0.00987 e. The van der Waals surface area contributed by atoms with E-state index in [9.17, 15) is 0 Å². The molecule has 0 aliphatic heterocycles. The fourth-order valence-electron chi connectivity index (χ4n) is 2.13. The zero-order chi connectivity index (χ0) is 11.7. The Morgan fingerprint density at radius 1 is 0.824 bits per heavy atom. The molecule has 0 fully saturated rings. The van der Waals surface area contributed by atoms with Crippen LogP contribution in [0.3, 0.4) is 0 Å². The van der Waals surface area contributed by atoms with Gasteiger partial charge in [0.05, 0.1) is 0 Å². The molecule has 17 heavy (non-hydrogen) atoms. The SMILES string of the molecule is Cc1ccc(-c2cc[c]c3ccccc23)cc1. The van der Waals surface area contributed by atoms with Gasteiger partial charge in [0, 0.05) is 0 Å². The lowest BCUT2D eigenvalue weighted by Gasteiger charge is -2.06. The zero-order valence-electron chi connectivity index (χ0n) is 9.77. The van der Waals surface area contributed by atoms with Gasteiger partial charge < -0.3 is 0 Å². The number of benzene rings is 3. The van der Waals surface area contributed by atoms with E-state index in [0.717, 1.165) is 0 Å². The predicted molar refractivity (Wildman–Crippen MR) is 73.0 cm³/mol. The van der Waals surface area contributed by atoms with Crippen molar-refractivity contribution in [2.45, 2.75) is 6.92 Å². The van der Waals surface area contributed by atoms with E-state index in [2.05, 4.69) is 67.6 Å². The third kappa shape index (κ3) is 1.83. The summed E-state index contributed by atoms with van der Waals surface area (Å²) in [6.45, 7) is 2.11. The second kappa shape index (κ2) is 4.06. The van der Waals surface area contributed by atoms with Gasteiger partial charge in [-0.3, -0.25) is 0 Å². The molecule has 0 atom stereocenters. The number of fused-ring (bicyclic) bond motifs is 1. The van der Waals surface area contributed by atoms with Crippen molar-refractivity contribution in [2.75, 3.05) is 0 Å². The monoisotopic (exact) mass is 217 g/mol. The van der Waals surface area contributed by atoms with Crippen molar-refractivity contribution < 1.29 is 0 Å². The first-order valence-corrected chi connectivity index (χ1v) is 5.81. The Morgan fingerprint density at radius 2 is 1.59 bits per heavy atom. The van der Waals surface area contributed by atoms with Crippen molar-refractivity contribution in [3.05, 3.63) is 72.3 Å². The van der Waals surface area contributed by atoms with E-state index in [1.54, 1.807) is 0 Å². The number of aryl methyl sites for hydroxylation is 1. The molecule has 0 bridgehead atoms. The average Bonchev–Trinajstić information content (AvgIpc) is 2.39. The van der Waals surface area contributed by atoms with Crippen molar-refractivity contribution in [3.8, 4) is 11.1 Å². The summed E-state index contributed by atoms with van der Waals surface area (Å²) in [6.07, 6.45) is 0. The molecule has 0 aliphatic rings. The van der Waals surface area contributed by atoms with Gasteiger partial charge in [0.2, 0.25) is 0 Å². The summed E-state index contributed by atoms with van der Waals surface area (Å²) in [5.74, 6) is 0. The topological polar surface area (TPSA) is 0 Å². The highest BCUT2D eigenvalue weighted by atomic mass is 14.1. The second-order valence-corrected chi connectivity index (χ2v) is 4.30. The van der Waals surface area contributed by atoms with Crippen LogP contribution in [0.1, 0.15) is 5.56 Å². The summed E-state index contributed by atoms with van der Waals surface area (Å²) in [5, 5.41) is 2.43. The summed E-state index contributed by atoms with van der Waals surface area (Å²) in [6, 6.07) is 24.5. The van der Waals surface area contributed by atoms with Crippen LogP contribution in [0.5, 0.6) is 0 Å². The van der Waals surface area contributed by atoms with Crippen LogP contribution in [0.15, 0.2) is 60.7 Å². The van der Waals surface area contributed by atoms with Crippen LogP contribution in [-0.2, 0) is 0 Å². The quantitative estimate of drug-likeness (QED) is 0.558. The van der Waals surface area contributed by atoms with Crippen LogP contribution in [0.4, 0.5) is 0 Å². The van der Waals surface area contributed by atoms with Gasteiger partial charge in [-0.05, 0) is 34.9 Å². The summed E-state index contributed by atoms with van der Waals surface area (Å²) in [5.41, 5.74) is 3.83. The highest BCUT2D eigenvalue weighted by Gasteiger charge is 2.02. The normalized spacial score (nSPS) is 10.6. The molecule has 3 rings (SSSR count). The minimum atomic E-state index is 1.17. The summed E-state index contributed by atoms with van der Waals surface area (Å²) in [7, 11) is 0. The van der Waals surface area contributed by atoms with Crippen molar-refractivity contribution in [1.29, 1.82) is 0 Å². The van der Waals surface area contributed by atoms with E-state index < -0.39 is 0 Å². The van der Waals surface area contributed by atoms with Crippen molar-refractivity contribution >= 4 is 10.8 Å². The van der Waals surface area contributed by atoms with Gasteiger partial charge in [0.25, 0.3) is 0 Å². The Balaban J connectivity index is 2.27. The maximum absolute atomic E-state index is 3.27. The van der Waals surface area contributed by atoms with Crippen LogP contribution < -0.4 is 0 Å². The van der Waals surface area contributed by atoms with Crippen LogP contribution >= 0.6 is 0 Å². The van der Waals surface area contributed by atoms with Crippen LogP contribution in [0.25, 0.3) is 21.9 Å². The summed E-state index contributed by atoms with van der Waals surface area (Å²) >= 11 is 0. The van der Waals surface area contributed by atoms with Crippen LogP contribution in [0, 0.1) is 13.0 Å². The molecule has 0 N–H and O–H groups in total. The van der Waals surface area contributed by atoms with Crippen LogP contribution in [0.2, 0.25) is 0 Å². The minimum Gasteiger partial charge on any atom is -0.0616 e. The smallest absolute Gasteiger partial charge is 0.00987 e. The number of rotatable bonds is 1. The van der Waals surface area contributed by atoms with E-state index in [1.807, 2.05) is 6.07 Å². The molecule has 0 saturated heterocycles. The first kappa shape index (κ1) is 10.1. The third-order valence-corrected chi connectivity index (χ3v) is 3.07. The number of hydrogen-bond acceptors (Lipinski definition) is 0. The third-order valence-electron chi connectivity index (χ3n) is 3.07. The molecule has 0 nitrogen and oxygen atoms in total. The Labute approximate surface area is 102 Å². The van der Waals surface area contributed by atoms with Gasteiger partial charge in [-0.1, -0.05) is 66.2 Å².